The fourth-order valence-electron chi connectivity index (χ4n) is 10.6. The summed E-state index contributed by atoms with van der Waals surface area (Å²) in [6, 6.07) is 75.8. The van der Waals surface area contributed by atoms with Crippen LogP contribution in [0.25, 0.3) is 111 Å². The van der Waals surface area contributed by atoms with E-state index in [9.17, 15) is 0 Å². The number of fused-ring (bicyclic) bond motifs is 10. The van der Waals surface area contributed by atoms with Crippen LogP contribution in [0.4, 0.5) is 0 Å². The van der Waals surface area contributed by atoms with E-state index >= 15 is 0 Å². The average molecular weight is 832 g/mol. The highest BCUT2D eigenvalue weighted by Gasteiger charge is 2.38. The van der Waals surface area contributed by atoms with E-state index in [-0.39, 0.29) is 5.41 Å². The molecule has 0 bridgehead atoms. The van der Waals surface area contributed by atoms with E-state index in [0.717, 1.165) is 55.7 Å². The first-order valence-corrected chi connectivity index (χ1v) is 22.3. The minimum atomic E-state index is -0.155. The highest BCUT2D eigenvalue weighted by atomic mass is 15.0. The summed E-state index contributed by atoms with van der Waals surface area (Å²) in [7, 11) is 0. The maximum atomic E-state index is 5.31. The van der Waals surface area contributed by atoms with Crippen molar-refractivity contribution in [3.05, 3.63) is 223 Å². The number of benzene rings is 9. The van der Waals surface area contributed by atoms with Gasteiger partial charge in [0.2, 0.25) is 0 Å². The molecule has 9 aromatic carbocycles. The van der Waals surface area contributed by atoms with Crippen LogP contribution >= 0.6 is 0 Å². The third-order valence-corrected chi connectivity index (χ3v) is 13.5. The Morgan fingerprint density at radius 1 is 0.338 bits per heavy atom. The summed E-state index contributed by atoms with van der Waals surface area (Å²) in [6.45, 7) is 4.74. The summed E-state index contributed by atoms with van der Waals surface area (Å²) in [5.74, 6) is 1.84. The van der Waals surface area contributed by atoms with Crippen molar-refractivity contribution in [1.29, 1.82) is 0 Å². The first-order valence-electron chi connectivity index (χ1n) is 22.3. The van der Waals surface area contributed by atoms with Crippen molar-refractivity contribution in [2.24, 2.45) is 0 Å². The smallest absolute Gasteiger partial charge is 0.164 e. The Labute approximate surface area is 376 Å². The lowest BCUT2D eigenvalue weighted by Gasteiger charge is -2.22. The molecule has 12 aromatic rings. The number of nitrogens with zero attached hydrogens (tertiary/aromatic N) is 5. The van der Waals surface area contributed by atoms with Crippen molar-refractivity contribution in [1.82, 2.24) is 24.1 Å². The Morgan fingerprint density at radius 3 is 1.43 bits per heavy atom. The van der Waals surface area contributed by atoms with Gasteiger partial charge in [-0.1, -0.05) is 178 Å². The molecule has 3 heterocycles. The molecule has 0 saturated carbocycles. The van der Waals surface area contributed by atoms with E-state index in [1.807, 2.05) is 6.07 Å². The maximum Gasteiger partial charge on any atom is 0.164 e. The van der Waals surface area contributed by atoms with E-state index < -0.39 is 0 Å². The zero-order valence-electron chi connectivity index (χ0n) is 35.9. The van der Waals surface area contributed by atoms with E-state index in [2.05, 4.69) is 229 Å². The highest BCUT2D eigenvalue weighted by molar-refractivity contribution is 6.14. The topological polar surface area (TPSA) is 48.5 Å². The summed E-state index contributed by atoms with van der Waals surface area (Å²) in [6.07, 6.45) is 0. The quantitative estimate of drug-likeness (QED) is 0.168. The third-order valence-electron chi connectivity index (χ3n) is 13.5. The van der Waals surface area contributed by atoms with Crippen LogP contribution in [0.5, 0.6) is 0 Å². The molecule has 0 unspecified atom stereocenters. The summed E-state index contributed by atoms with van der Waals surface area (Å²) in [5, 5.41) is 4.99. The van der Waals surface area contributed by atoms with Crippen molar-refractivity contribution in [3.63, 3.8) is 0 Å². The van der Waals surface area contributed by atoms with Gasteiger partial charge in [0.1, 0.15) is 0 Å². The monoisotopic (exact) mass is 831 g/mol. The second kappa shape index (κ2) is 14.3. The molecule has 0 amide bonds. The normalized spacial score (nSPS) is 12.9. The van der Waals surface area contributed by atoms with Crippen LogP contribution in [-0.2, 0) is 5.41 Å². The van der Waals surface area contributed by atoms with Gasteiger partial charge in [0, 0.05) is 55.0 Å². The molecule has 0 aliphatic heterocycles. The molecule has 0 fully saturated rings. The maximum absolute atomic E-state index is 5.31. The van der Waals surface area contributed by atoms with E-state index in [4.69, 9.17) is 15.0 Å². The van der Waals surface area contributed by atoms with Crippen molar-refractivity contribution >= 4 is 43.6 Å². The van der Waals surface area contributed by atoms with E-state index in [1.54, 1.807) is 0 Å². The van der Waals surface area contributed by atoms with Crippen LogP contribution in [0, 0.1) is 0 Å². The lowest BCUT2D eigenvalue weighted by molar-refractivity contribution is 0.666. The highest BCUT2D eigenvalue weighted by Crippen LogP contribution is 2.53. The van der Waals surface area contributed by atoms with Gasteiger partial charge in [-0.3, -0.25) is 0 Å². The number of hydrogen-bond donors (Lipinski definition) is 0. The van der Waals surface area contributed by atoms with Crippen molar-refractivity contribution in [3.8, 4) is 67.8 Å². The Morgan fingerprint density at radius 2 is 0.800 bits per heavy atom. The molecular weight excluding hydrogens is 791 g/mol. The van der Waals surface area contributed by atoms with Gasteiger partial charge in [0.15, 0.2) is 17.5 Å². The summed E-state index contributed by atoms with van der Waals surface area (Å²) in [5.41, 5.74) is 17.0. The van der Waals surface area contributed by atoms with Gasteiger partial charge < -0.3 is 9.13 Å². The minimum Gasteiger partial charge on any atom is -0.309 e. The molecule has 306 valence electrons. The number of aromatic nitrogens is 5. The summed E-state index contributed by atoms with van der Waals surface area (Å²) < 4.78 is 4.75. The van der Waals surface area contributed by atoms with Gasteiger partial charge in [0.05, 0.1) is 22.1 Å². The number of hydrogen-bond acceptors (Lipinski definition) is 3. The Hall–Kier alpha value is -8.41. The Kier molecular flexibility index (Phi) is 8.18. The number of rotatable bonds is 6. The molecule has 1 aliphatic carbocycles. The molecule has 65 heavy (non-hydrogen) atoms. The molecule has 0 atom stereocenters. The van der Waals surface area contributed by atoms with Gasteiger partial charge in [-0.25, -0.2) is 15.0 Å². The fourth-order valence-corrected chi connectivity index (χ4v) is 10.6. The van der Waals surface area contributed by atoms with Crippen molar-refractivity contribution in [2.45, 2.75) is 19.3 Å². The zero-order valence-corrected chi connectivity index (χ0v) is 35.9. The summed E-state index contributed by atoms with van der Waals surface area (Å²) in [4.78, 5) is 15.8. The first kappa shape index (κ1) is 37.2. The average Bonchev–Trinajstić information content (AvgIpc) is 3.97. The van der Waals surface area contributed by atoms with Crippen LogP contribution < -0.4 is 0 Å². The molecule has 0 saturated heterocycles. The SMILES string of the molecule is CC1(C)c2ccccc2-c2ccc3c(c21)c1ccccc1n3-c1cccc(-c2nc(-c3ccc(-c4ccccc4)cc3)nc(-c3cccc(-n4c5ccccc5c5ccccc54)c3)n2)c1. The predicted molar refractivity (Wildman–Crippen MR) is 268 cm³/mol. The van der Waals surface area contributed by atoms with Crippen LogP contribution in [0.2, 0.25) is 0 Å². The molecule has 0 N–H and O–H groups in total. The minimum absolute atomic E-state index is 0.155. The molecule has 13 rings (SSSR count). The lowest BCUT2D eigenvalue weighted by Crippen LogP contribution is -2.15. The number of para-hydroxylation sites is 3. The predicted octanol–water partition coefficient (Wildman–Crippen LogP) is 15.0. The molecular formula is C60H41N5. The molecule has 5 heteroatoms. The molecule has 0 spiro atoms. The Bertz CT molecular complexity index is 3800. The van der Waals surface area contributed by atoms with E-state index in [1.165, 1.54) is 49.3 Å². The van der Waals surface area contributed by atoms with E-state index in [0.29, 0.717) is 17.5 Å². The van der Waals surface area contributed by atoms with Gasteiger partial charge >= 0.3 is 0 Å². The molecule has 5 nitrogen and oxygen atoms in total. The van der Waals surface area contributed by atoms with Crippen LogP contribution in [0.1, 0.15) is 25.0 Å². The fraction of sp³-hybridized carbons (Fsp3) is 0.0500. The van der Waals surface area contributed by atoms with Crippen LogP contribution in [0.3, 0.4) is 0 Å². The third kappa shape index (κ3) is 5.75. The molecule has 1 aliphatic rings. The molecule has 3 aromatic heterocycles. The van der Waals surface area contributed by atoms with Gasteiger partial charge in [0.25, 0.3) is 0 Å². The Balaban J connectivity index is 0.987. The summed E-state index contributed by atoms with van der Waals surface area (Å²) >= 11 is 0. The van der Waals surface area contributed by atoms with Crippen LogP contribution in [-0.4, -0.2) is 24.1 Å². The van der Waals surface area contributed by atoms with Gasteiger partial charge in [-0.2, -0.15) is 0 Å². The van der Waals surface area contributed by atoms with Crippen LogP contribution in [0.15, 0.2) is 212 Å². The zero-order chi connectivity index (χ0) is 43.2. The second-order valence-electron chi connectivity index (χ2n) is 17.6. The standard InChI is InChI=1S/C60H41N5/c1-60(2)50-26-10-6-22-45(50)48-34-35-54-55(56(48)60)49-25-9-13-29-53(49)65(54)44-21-15-19-42(37-44)59-62-57(40-32-30-39(31-33-40)38-16-4-3-5-17-38)61-58(63-59)41-18-14-20-43(36-41)64-51-27-11-7-23-46(51)47-24-8-12-28-52(47)64/h3-37H,1-2H3. The van der Waals surface area contributed by atoms with Gasteiger partial charge in [-0.05, 0) is 81.9 Å². The first-order chi connectivity index (χ1) is 32.0. The van der Waals surface area contributed by atoms with Crippen molar-refractivity contribution < 1.29 is 0 Å². The largest absolute Gasteiger partial charge is 0.309 e. The van der Waals surface area contributed by atoms with Crippen molar-refractivity contribution in [2.75, 3.05) is 0 Å². The molecule has 0 radical (unpaired) electrons. The second-order valence-corrected chi connectivity index (χ2v) is 17.6. The van der Waals surface area contributed by atoms with Gasteiger partial charge in [-0.15, -0.1) is 0 Å². The lowest BCUT2D eigenvalue weighted by atomic mass is 9.80.